The minimum atomic E-state index is -0.224. The van der Waals surface area contributed by atoms with Gasteiger partial charge in [-0.15, -0.1) is 0 Å². The van der Waals surface area contributed by atoms with Gasteiger partial charge in [-0.1, -0.05) is 40.2 Å². The third-order valence-corrected chi connectivity index (χ3v) is 3.80. The Labute approximate surface area is 131 Å². The van der Waals surface area contributed by atoms with Gasteiger partial charge in [0.25, 0.3) is 0 Å². The van der Waals surface area contributed by atoms with Gasteiger partial charge in [0, 0.05) is 15.7 Å². The van der Waals surface area contributed by atoms with Crippen molar-refractivity contribution in [2.24, 2.45) is 0 Å². The average Bonchev–Trinajstić information content (AvgIpc) is 2.48. The molecule has 0 unspecified atom stereocenters. The smallest absolute Gasteiger partial charge is 0.123 e. The van der Waals surface area contributed by atoms with Crippen LogP contribution in [0.25, 0.3) is 22.4 Å². The molecule has 1 nitrogen and oxygen atoms in total. The third kappa shape index (κ3) is 3.19. The van der Waals surface area contributed by atoms with Crippen LogP contribution >= 0.6 is 15.9 Å². The molecule has 3 heteroatoms. The zero-order chi connectivity index (χ0) is 14.8. The van der Waals surface area contributed by atoms with Gasteiger partial charge in [-0.25, -0.2) is 4.39 Å². The molecule has 104 valence electrons. The predicted octanol–water partition coefficient (Wildman–Crippen LogP) is 5.63. The largest absolute Gasteiger partial charge is 0.253 e. The van der Waals surface area contributed by atoms with Gasteiger partial charge in [-0.05, 0) is 54.4 Å². The number of nitrogens with zero attached hydrogens (tertiary/aromatic N) is 1. The monoisotopic (exact) mass is 341 g/mol. The Hall–Kier alpha value is -2.00. The second kappa shape index (κ2) is 5.78. The quantitative estimate of drug-likeness (QED) is 0.588. The van der Waals surface area contributed by atoms with Gasteiger partial charge < -0.3 is 0 Å². The van der Waals surface area contributed by atoms with E-state index in [1.54, 1.807) is 12.1 Å². The van der Waals surface area contributed by atoms with Gasteiger partial charge in [0.2, 0.25) is 0 Å². The second-order valence-electron chi connectivity index (χ2n) is 4.90. The highest BCUT2D eigenvalue weighted by molar-refractivity contribution is 9.10. The average molecular weight is 342 g/mol. The molecule has 0 saturated carbocycles. The van der Waals surface area contributed by atoms with E-state index in [1.807, 2.05) is 43.3 Å². The Bertz CT molecular complexity index is 700. The van der Waals surface area contributed by atoms with Gasteiger partial charge in [0.15, 0.2) is 0 Å². The lowest BCUT2D eigenvalue weighted by molar-refractivity contribution is 0.628. The van der Waals surface area contributed by atoms with Crippen LogP contribution in [0.15, 0.2) is 65.1 Å². The SMILES string of the molecule is Cc1cc(-c2ccc(F)cc2)cc(-c2ccc(Br)cc2)n1. The maximum atomic E-state index is 13.0. The van der Waals surface area contributed by atoms with Crippen LogP contribution < -0.4 is 0 Å². The van der Waals surface area contributed by atoms with E-state index in [0.29, 0.717) is 0 Å². The van der Waals surface area contributed by atoms with E-state index in [-0.39, 0.29) is 5.82 Å². The number of aromatic nitrogens is 1. The first-order valence-electron chi connectivity index (χ1n) is 6.62. The molecule has 0 aliphatic carbocycles. The molecule has 0 aliphatic heterocycles. The second-order valence-corrected chi connectivity index (χ2v) is 5.81. The number of benzene rings is 2. The van der Waals surface area contributed by atoms with E-state index >= 15 is 0 Å². The Morgan fingerprint density at radius 2 is 1.43 bits per heavy atom. The maximum absolute atomic E-state index is 13.0. The summed E-state index contributed by atoms with van der Waals surface area (Å²) in [6, 6.07) is 18.6. The summed E-state index contributed by atoms with van der Waals surface area (Å²) in [5.74, 6) is -0.224. The van der Waals surface area contributed by atoms with Gasteiger partial charge in [-0.3, -0.25) is 4.98 Å². The van der Waals surface area contributed by atoms with E-state index in [4.69, 9.17) is 0 Å². The molecule has 0 spiro atoms. The molecule has 0 radical (unpaired) electrons. The fourth-order valence-corrected chi connectivity index (χ4v) is 2.51. The lowest BCUT2D eigenvalue weighted by atomic mass is 10.0. The van der Waals surface area contributed by atoms with Crippen LogP contribution in [0.3, 0.4) is 0 Å². The maximum Gasteiger partial charge on any atom is 0.123 e. The Morgan fingerprint density at radius 1 is 0.810 bits per heavy atom. The fourth-order valence-electron chi connectivity index (χ4n) is 2.25. The van der Waals surface area contributed by atoms with Crippen molar-refractivity contribution < 1.29 is 4.39 Å². The Kier molecular flexibility index (Phi) is 3.84. The number of rotatable bonds is 2. The summed E-state index contributed by atoms with van der Waals surface area (Å²) >= 11 is 3.43. The van der Waals surface area contributed by atoms with Gasteiger partial charge in [0.1, 0.15) is 5.82 Å². The van der Waals surface area contributed by atoms with Crippen LogP contribution in [0.4, 0.5) is 4.39 Å². The summed E-state index contributed by atoms with van der Waals surface area (Å²) in [6.45, 7) is 1.97. The predicted molar refractivity (Wildman–Crippen MR) is 87.5 cm³/mol. The van der Waals surface area contributed by atoms with Crippen molar-refractivity contribution in [3.63, 3.8) is 0 Å². The molecule has 0 aliphatic rings. The minimum absolute atomic E-state index is 0.224. The lowest BCUT2D eigenvalue weighted by Crippen LogP contribution is -1.90. The van der Waals surface area contributed by atoms with Crippen molar-refractivity contribution in [1.29, 1.82) is 0 Å². The molecule has 0 fully saturated rings. The lowest BCUT2D eigenvalue weighted by Gasteiger charge is -2.08. The molecule has 0 saturated heterocycles. The summed E-state index contributed by atoms with van der Waals surface area (Å²) in [5.41, 5.74) is 4.95. The molecule has 3 aromatic rings. The van der Waals surface area contributed by atoms with E-state index in [2.05, 4.69) is 20.9 Å². The Balaban J connectivity index is 2.07. The van der Waals surface area contributed by atoms with Gasteiger partial charge in [-0.2, -0.15) is 0 Å². The van der Waals surface area contributed by atoms with Crippen LogP contribution in [0, 0.1) is 12.7 Å². The summed E-state index contributed by atoms with van der Waals surface area (Å²) in [5, 5.41) is 0. The summed E-state index contributed by atoms with van der Waals surface area (Å²) < 4.78 is 14.1. The van der Waals surface area contributed by atoms with Crippen LogP contribution in [0.1, 0.15) is 5.69 Å². The number of halogens is 2. The molecular weight excluding hydrogens is 329 g/mol. The zero-order valence-electron chi connectivity index (χ0n) is 11.5. The molecule has 0 amide bonds. The van der Waals surface area contributed by atoms with Crippen LogP contribution in [0.5, 0.6) is 0 Å². The molecule has 21 heavy (non-hydrogen) atoms. The molecule has 1 heterocycles. The summed E-state index contributed by atoms with van der Waals surface area (Å²) in [7, 11) is 0. The summed E-state index contributed by atoms with van der Waals surface area (Å²) in [6.07, 6.45) is 0. The van der Waals surface area contributed by atoms with Crippen molar-refractivity contribution in [1.82, 2.24) is 4.98 Å². The number of aryl methyl sites for hydroxylation is 1. The van der Waals surface area contributed by atoms with Crippen LogP contribution in [-0.2, 0) is 0 Å². The molecule has 0 bridgehead atoms. The number of pyridine rings is 1. The van der Waals surface area contributed by atoms with Crippen LogP contribution in [-0.4, -0.2) is 4.98 Å². The molecule has 3 rings (SSSR count). The first-order chi connectivity index (χ1) is 10.1. The number of hydrogen-bond acceptors (Lipinski definition) is 1. The van der Waals surface area contributed by atoms with Gasteiger partial charge in [0.05, 0.1) is 5.69 Å². The van der Waals surface area contributed by atoms with E-state index in [0.717, 1.165) is 32.6 Å². The van der Waals surface area contributed by atoms with Crippen molar-refractivity contribution in [3.05, 3.63) is 76.6 Å². The van der Waals surface area contributed by atoms with Crippen LogP contribution in [0.2, 0.25) is 0 Å². The topological polar surface area (TPSA) is 12.9 Å². The molecule has 2 aromatic carbocycles. The standard InChI is InChI=1S/C18H13BrFN/c1-12-10-15(13-4-8-17(20)9-5-13)11-18(21-12)14-2-6-16(19)7-3-14/h2-11H,1H3. The fraction of sp³-hybridized carbons (Fsp3) is 0.0556. The van der Waals surface area contributed by atoms with Gasteiger partial charge >= 0.3 is 0 Å². The van der Waals surface area contributed by atoms with E-state index < -0.39 is 0 Å². The minimum Gasteiger partial charge on any atom is -0.253 e. The first kappa shape index (κ1) is 14.0. The van der Waals surface area contributed by atoms with Crippen molar-refractivity contribution in [2.75, 3.05) is 0 Å². The normalized spacial score (nSPS) is 10.6. The molecular formula is C18H13BrFN. The van der Waals surface area contributed by atoms with Crippen molar-refractivity contribution >= 4 is 15.9 Å². The highest BCUT2D eigenvalue weighted by Crippen LogP contribution is 2.27. The number of hydrogen-bond donors (Lipinski definition) is 0. The Morgan fingerprint density at radius 3 is 2.10 bits per heavy atom. The first-order valence-corrected chi connectivity index (χ1v) is 7.42. The molecule has 1 aromatic heterocycles. The van der Waals surface area contributed by atoms with Crippen molar-refractivity contribution in [3.8, 4) is 22.4 Å². The summed E-state index contributed by atoms with van der Waals surface area (Å²) in [4.78, 5) is 4.59. The molecule has 0 N–H and O–H groups in total. The van der Waals surface area contributed by atoms with Crippen molar-refractivity contribution in [2.45, 2.75) is 6.92 Å². The third-order valence-electron chi connectivity index (χ3n) is 3.27. The molecule has 0 atom stereocenters. The highest BCUT2D eigenvalue weighted by atomic mass is 79.9. The zero-order valence-corrected chi connectivity index (χ0v) is 13.1. The van der Waals surface area contributed by atoms with E-state index in [1.165, 1.54) is 12.1 Å². The highest BCUT2D eigenvalue weighted by Gasteiger charge is 2.05. The van der Waals surface area contributed by atoms with E-state index in [9.17, 15) is 4.39 Å².